The molecule has 0 radical (unpaired) electrons. The van der Waals surface area contributed by atoms with Crippen molar-refractivity contribution in [2.45, 2.75) is 58.4 Å². The molecule has 0 spiro atoms. The summed E-state index contributed by atoms with van der Waals surface area (Å²) < 4.78 is 41.6. The molecule has 0 aliphatic carbocycles. The molecule has 0 saturated heterocycles. The summed E-state index contributed by atoms with van der Waals surface area (Å²) in [4.78, 5) is 22.9. The summed E-state index contributed by atoms with van der Waals surface area (Å²) >= 11 is 0. The minimum Gasteiger partial charge on any atom is -0.461 e. The summed E-state index contributed by atoms with van der Waals surface area (Å²) in [5.41, 5.74) is 0. The van der Waals surface area contributed by atoms with Crippen LogP contribution < -0.4 is 0 Å². The van der Waals surface area contributed by atoms with Crippen LogP contribution in [0.5, 0.6) is 0 Å². The second-order valence-corrected chi connectivity index (χ2v) is 4.48. The third-order valence-corrected chi connectivity index (χ3v) is 2.77. The lowest BCUT2D eigenvalue weighted by molar-refractivity contribution is -0.188. The highest BCUT2D eigenvalue weighted by molar-refractivity contribution is 5.87. The van der Waals surface area contributed by atoms with Gasteiger partial charge >= 0.3 is 18.1 Å². The molecule has 4 nitrogen and oxygen atoms in total. The van der Waals surface area contributed by atoms with Crippen molar-refractivity contribution in [2.75, 3.05) is 7.05 Å². The molecule has 1 unspecified atom stereocenters. The molecule has 19 heavy (non-hydrogen) atoms. The Labute approximate surface area is 110 Å². The maximum atomic E-state index is 12.2. The predicted molar refractivity (Wildman–Crippen MR) is 63.4 cm³/mol. The van der Waals surface area contributed by atoms with Gasteiger partial charge in [-0.05, 0) is 20.3 Å². The van der Waals surface area contributed by atoms with E-state index in [9.17, 15) is 22.8 Å². The molecule has 0 aromatic rings. The van der Waals surface area contributed by atoms with Gasteiger partial charge in [0.1, 0.15) is 6.04 Å². The lowest BCUT2D eigenvalue weighted by Crippen LogP contribution is -2.47. The third-order valence-electron chi connectivity index (χ3n) is 2.77. The Kier molecular flexibility index (Phi) is 6.86. The Bertz CT molecular complexity index is 318. The van der Waals surface area contributed by atoms with Crippen molar-refractivity contribution < 1.29 is 27.5 Å². The van der Waals surface area contributed by atoms with Gasteiger partial charge in [0, 0.05) is 7.05 Å². The van der Waals surface area contributed by atoms with Gasteiger partial charge in [0.25, 0.3) is 0 Å². The molecule has 7 heteroatoms. The summed E-state index contributed by atoms with van der Waals surface area (Å²) in [6.45, 7) is 4.86. The number of carbonyl (C=O) groups excluding carboxylic acids is 2. The smallest absolute Gasteiger partial charge is 0.461 e. The number of hydrogen-bond acceptors (Lipinski definition) is 3. The zero-order chi connectivity index (χ0) is 15.2. The Morgan fingerprint density at radius 1 is 1.26 bits per heavy atom. The Morgan fingerprint density at radius 3 is 2.21 bits per heavy atom. The summed E-state index contributed by atoms with van der Waals surface area (Å²) in [5, 5.41) is 0. The lowest BCUT2D eigenvalue weighted by Gasteiger charge is -2.25. The zero-order valence-corrected chi connectivity index (χ0v) is 11.6. The van der Waals surface area contributed by atoms with E-state index in [1.807, 2.05) is 6.92 Å². The number of nitrogens with zero attached hydrogens (tertiary/aromatic N) is 1. The highest BCUT2D eigenvalue weighted by Gasteiger charge is 2.43. The number of alkyl halides is 3. The molecule has 0 aromatic heterocycles. The first-order chi connectivity index (χ1) is 8.61. The Morgan fingerprint density at radius 2 is 1.79 bits per heavy atom. The van der Waals surface area contributed by atoms with E-state index < -0.39 is 24.1 Å². The summed E-state index contributed by atoms with van der Waals surface area (Å²) in [6.07, 6.45) is -2.92. The number of esters is 1. The van der Waals surface area contributed by atoms with Crippen LogP contribution in [0.3, 0.4) is 0 Å². The van der Waals surface area contributed by atoms with Crippen molar-refractivity contribution in [3.63, 3.8) is 0 Å². The fraction of sp³-hybridized carbons (Fsp3) is 0.833. The normalized spacial score (nSPS) is 14.7. The molecule has 0 aliphatic heterocycles. The molecule has 1 amide bonds. The van der Waals surface area contributed by atoms with Crippen molar-refractivity contribution >= 4 is 11.9 Å². The largest absolute Gasteiger partial charge is 0.471 e. The van der Waals surface area contributed by atoms with Gasteiger partial charge < -0.3 is 9.64 Å². The van der Waals surface area contributed by atoms with E-state index in [2.05, 4.69) is 0 Å². The molecule has 0 aliphatic rings. The lowest BCUT2D eigenvalue weighted by atomic mass is 10.2. The molecule has 0 fully saturated rings. The molecule has 0 saturated carbocycles. The van der Waals surface area contributed by atoms with E-state index in [-0.39, 0.29) is 6.10 Å². The van der Waals surface area contributed by atoms with Crippen LogP contribution in [0, 0.1) is 0 Å². The Balaban J connectivity index is 4.44. The van der Waals surface area contributed by atoms with Gasteiger partial charge in [-0.2, -0.15) is 13.2 Å². The molecule has 112 valence electrons. The second kappa shape index (κ2) is 7.35. The van der Waals surface area contributed by atoms with Crippen molar-refractivity contribution in [3.8, 4) is 0 Å². The number of amides is 1. The quantitative estimate of drug-likeness (QED) is 0.704. The van der Waals surface area contributed by atoms with Crippen molar-refractivity contribution in [1.29, 1.82) is 0 Å². The van der Waals surface area contributed by atoms with Crippen LogP contribution in [0.4, 0.5) is 13.2 Å². The van der Waals surface area contributed by atoms with Crippen LogP contribution >= 0.6 is 0 Å². The molecular formula is C12H20F3NO3. The molecule has 2 atom stereocenters. The van der Waals surface area contributed by atoms with E-state index in [0.717, 1.165) is 19.9 Å². The standard InChI is InChI=1S/C12H20F3NO3/c1-5-6-7-8(2)19-10(17)9(3)16(4)11(18)12(13,14)15/h8-9H,5-7H2,1-4H3/t8?,9-/m0/s1. The number of likely N-dealkylation sites (N-methyl/N-ethyl adjacent to an activating group) is 1. The van der Waals surface area contributed by atoms with E-state index >= 15 is 0 Å². The number of ether oxygens (including phenoxy) is 1. The molecule has 0 heterocycles. The first-order valence-corrected chi connectivity index (χ1v) is 6.15. The minimum atomic E-state index is -4.99. The van der Waals surface area contributed by atoms with Crippen LogP contribution in [0.25, 0.3) is 0 Å². The fourth-order valence-electron chi connectivity index (χ4n) is 1.38. The monoisotopic (exact) mass is 283 g/mol. The van der Waals surface area contributed by atoms with E-state index in [4.69, 9.17) is 4.74 Å². The van der Waals surface area contributed by atoms with E-state index in [0.29, 0.717) is 11.3 Å². The number of unbranched alkanes of at least 4 members (excludes halogenated alkanes) is 1. The fourth-order valence-corrected chi connectivity index (χ4v) is 1.38. The maximum absolute atomic E-state index is 12.2. The molecule has 0 aromatic carbocycles. The highest BCUT2D eigenvalue weighted by atomic mass is 19.4. The van der Waals surface area contributed by atoms with Crippen LogP contribution in [0.15, 0.2) is 0 Å². The maximum Gasteiger partial charge on any atom is 0.471 e. The predicted octanol–water partition coefficient (Wildman–Crippen LogP) is 2.52. The van der Waals surface area contributed by atoms with Crippen molar-refractivity contribution in [2.24, 2.45) is 0 Å². The van der Waals surface area contributed by atoms with Crippen molar-refractivity contribution in [1.82, 2.24) is 4.90 Å². The third kappa shape index (κ3) is 5.94. The molecule has 0 N–H and O–H groups in total. The zero-order valence-electron chi connectivity index (χ0n) is 11.6. The summed E-state index contributed by atoms with van der Waals surface area (Å²) in [6, 6.07) is -1.27. The van der Waals surface area contributed by atoms with Crippen LogP contribution in [0.2, 0.25) is 0 Å². The average molecular weight is 283 g/mol. The van der Waals surface area contributed by atoms with Gasteiger partial charge in [-0.15, -0.1) is 0 Å². The number of halogens is 3. The summed E-state index contributed by atoms with van der Waals surface area (Å²) in [5.74, 6) is -2.89. The second-order valence-electron chi connectivity index (χ2n) is 4.48. The first-order valence-electron chi connectivity index (χ1n) is 6.15. The van der Waals surface area contributed by atoms with Crippen LogP contribution in [-0.4, -0.2) is 42.1 Å². The van der Waals surface area contributed by atoms with Gasteiger partial charge in [0.05, 0.1) is 6.10 Å². The van der Waals surface area contributed by atoms with Gasteiger partial charge in [0.2, 0.25) is 0 Å². The first kappa shape index (κ1) is 17.7. The number of rotatable bonds is 6. The van der Waals surface area contributed by atoms with Crippen molar-refractivity contribution in [3.05, 3.63) is 0 Å². The van der Waals surface area contributed by atoms with E-state index in [1.54, 1.807) is 6.92 Å². The number of hydrogen-bond donors (Lipinski definition) is 0. The number of carbonyl (C=O) groups is 2. The topological polar surface area (TPSA) is 46.6 Å². The molecular weight excluding hydrogens is 263 g/mol. The minimum absolute atomic E-state index is 0.342. The van der Waals surface area contributed by atoms with Crippen LogP contribution in [-0.2, 0) is 14.3 Å². The van der Waals surface area contributed by atoms with Gasteiger partial charge in [-0.1, -0.05) is 19.8 Å². The van der Waals surface area contributed by atoms with Gasteiger partial charge in [-0.3, -0.25) is 4.79 Å². The Hall–Kier alpha value is -1.27. The molecule has 0 rings (SSSR count). The van der Waals surface area contributed by atoms with Gasteiger partial charge in [-0.25, -0.2) is 4.79 Å². The van der Waals surface area contributed by atoms with E-state index in [1.165, 1.54) is 6.92 Å². The SMILES string of the molecule is CCCCC(C)OC(=O)[C@H](C)N(C)C(=O)C(F)(F)F. The molecule has 0 bridgehead atoms. The highest BCUT2D eigenvalue weighted by Crippen LogP contribution is 2.19. The van der Waals surface area contributed by atoms with Crippen LogP contribution in [0.1, 0.15) is 40.0 Å². The summed E-state index contributed by atoms with van der Waals surface area (Å²) in [7, 11) is 0.929. The average Bonchev–Trinajstić information content (AvgIpc) is 2.32. The van der Waals surface area contributed by atoms with Gasteiger partial charge in [0.15, 0.2) is 0 Å².